The molecule has 2 fully saturated rings. The van der Waals surface area contributed by atoms with Gasteiger partial charge in [-0.1, -0.05) is 13.3 Å². The molecule has 0 bridgehead atoms. The number of rotatable bonds is 4. The summed E-state index contributed by atoms with van der Waals surface area (Å²) in [4.78, 5) is 2.64. The molecule has 18 heavy (non-hydrogen) atoms. The maximum atomic E-state index is 5.82. The van der Waals surface area contributed by atoms with Crippen LogP contribution in [-0.4, -0.2) is 49.8 Å². The highest BCUT2D eigenvalue weighted by molar-refractivity contribution is 4.90. The van der Waals surface area contributed by atoms with E-state index in [0.717, 1.165) is 19.7 Å². The van der Waals surface area contributed by atoms with Gasteiger partial charge >= 0.3 is 0 Å². The minimum absolute atomic E-state index is 0.0402. The molecule has 0 aliphatic carbocycles. The number of nitrogens with one attached hydrogen (secondary N) is 1. The second-order valence-electron chi connectivity index (χ2n) is 6.82. The van der Waals surface area contributed by atoms with E-state index in [0.29, 0.717) is 5.41 Å². The molecule has 2 aliphatic heterocycles. The van der Waals surface area contributed by atoms with Gasteiger partial charge in [0, 0.05) is 19.6 Å². The van der Waals surface area contributed by atoms with Crippen LogP contribution in [0.1, 0.15) is 46.5 Å². The summed E-state index contributed by atoms with van der Waals surface area (Å²) in [5.41, 5.74) is 0.603. The van der Waals surface area contributed by atoms with Crippen LogP contribution in [0.2, 0.25) is 0 Å². The minimum atomic E-state index is 0.0402. The Morgan fingerprint density at radius 2 is 1.94 bits per heavy atom. The number of piperidine rings is 1. The minimum Gasteiger partial charge on any atom is -0.373 e. The van der Waals surface area contributed by atoms with E-state index >= 15 is 0 Å². The van der Waals surface area contributed by atoms with E-state index in [4.69, 9.17) is 4.74 Å². The maximum absolute atomic E-state index is 5.82. The summed E-state index contributed by atoms with van der Waals surface area (Å²) in [5.74, 6) is 0. The van der Waals surface area contributed by atoms with Crippen molar-refractivity contribution in [3.8, 4) is 0 Å². The third-order valence-corrected chi connectivity index (χ3v) is 4.51. The van der Waals surface area contributed by atoms with Gasteiger partial charge in [-0.2, -0.15) is 0 Å². The van der Waals surface area contributed by atoms with Crippen molar-refractivity contribution in [2.45, 2.75) is 52.1 Å². The molecule has 0 aromatic carbocycles. The van der Waals surface area contributed by atoms with Crippen molar-refractivity contribution in [3.05, 3.63) is 0 Å². The van der Waals surface area contributed by atoms with Gasteiger partial charge in [0.2, 0.25) is 0 Å². The van der Waals surface area contributed by atoms with Gasteiger partial charge in [0.1, 0.15) is 0 Å². The molecule has 3 nitrogen and oxygen atoms in total. The molecule has 2 saturated heterocycles. The maximum Gasteiger partial charge on any atom is 0.0753 e. The molecule has 2 rings (SSSR count). The Balaban J connectivity index is 1.95. The van der Waals surface area contributed by atoms with E-state index < -0.39 is 0 Å². The van der Waals surface area contributed by atoms with Crippen LogP contribution < -0.4 is 5.32 Å². The second-order valence-corrected chi connectivity index (χ2v) is 6.82. The SMILES string of the molecule is CCCC1(CN2CCOC(C)(C)C2)CCNCC1. The molecular weight excluding hydrogens is 224 g/mol. The molecule has 0 saturated carbocycles. The summed E-state index contributed by atoms with van der Waals surface area (Å²) >= 11 is 0. The lowest BCUT2D eigenvalue weighted by atomic mass is 9.74. The zero-order valence-electron chi connectivity index (χ0n) is 12.4. The van der Waals surface area contributed by atoms with Crippen LogP contribution in [0.4, 0.5) is 0 Å². The summed E-state index contributed by atoms with van der Waals surface area (Å²) in [6, 6.07) is 0. The molecule has 0 aromatic rings. The number of ether oxygens (including phenoxy) is 1. The third kappa shape index (κ3) is 3.69. The quantitative estimate of drug-likeness (QED) is 0.833. The predicted octanol–water partition coefficient (Wildman–Crippen LogP) is 2.27. The van der Waals surface area contributed by atoms with Crippen LogP contribution in [0.25, 0.3) is 0 Å². The highest BCUT2D eigenvalue weighted by Crippen LogP contribution is 2.35. The zero-order chi connectivity index (χ0) is 13.1. The van der Waals surface area contributed by atoms with E-state index in [1.165, 1.54) is 45.3 Å². The van der Waals surface area contributed by atoms with Crippen LogP contribution in [0.5, 0.6) is 0 Å². The number of nitrogens with zero attached hydrogens (tertiary/aromatic N) is 1. The third-order valence-electron chi connectivity index (χ3n) is 4.51. The van der Waals surface area contributed by atoms with E-state index in [9.17, 15) is 0 Å². The Labute approximate surface area is 112 Å². The van der Waals surface area contributed by atoms with Crippen molar-refractivity contribution in [2.75, 3.05) is 39.3 Å². The monoisotopic (exact) mass is 254 g/mol. The topological polar surface area (TPSA) is 24.5 Å². The van der Waals surface area contributed by atoms with Crippen molar-refractivity contribution in [1.29, 1.82) is 0 Å². The summed E-state index contributed by atoms with van der Waals surface area (Å²) in [6.07, 6.45) is 5.39. The van der Waals surface area contributed by atoms with Gasteiger partial charge in [-0.3, -0.25) is 4.90 Å². The Morgan fingerprint density at radius 3 is 2.56 bits per heavy atom. The standard InChI is InChI=1S/C15H30N2O/c1-4-5-15(6-8-16-9-7-15)13-17-10-11-18-14(2,3)12-17/h16H,4-13H2,1-3H3. The zero-order valence-corrected chi connectivity index (χ0v) is 12.4. The molecule has 106 valence electrons. The molecule has 3 heteroatoms. The molecule has 0 unspecified atom stereocenters. The highest BCUT2D eigenvalue weighted by atomic mass is 16.5. The van der Waals surface area contributed by atoms with Gasteiger partial charge in [-0.05, 0) is 51.6 Å². The molecule has 1 N–H and O–H groups in total. The average molecular weight is 254 g/mol. The summed E-state index contributed by atoms with van der Waals surface area (Å²) in [5, 5.41) is 3.51. The van der Waals surface area contributed by atoms with Crippen molar-refractivity contribution in [2.24, 2.45) is 5.41 Å². The Morgan fingerprint density at radius 1 is 1.22 bits per heavy atom. The number of hydrogen-bond acceptors (Lipinski definition) is 3. The molecule has 0 atom stereocenters. The Bertz CT molecular complexity index is 254. The highest BCUT2D eigenvalue weighted by Gasteiger charge is 2.36. The van der Waals surface area contributed by atoms with Crippen LogP contribution in [0.15, 0.2) is 0 Å². The van der Waals surface area contributed by atoms with E-state index in [1.54, 1.807) is 0 Å². The lowest BCUT2D eigenvalue weighted by molar-refractivity contribution is -0.0967. The molecule has 0 amide bonds. The first-order valence-corrected chi connectivity index (χ1v) is 7.62. The summed E-state index contributed by atoms with van der Waals surface area (Å²) in [6.45, 7) is 13.5. The first-order chi connectivity index (χ1) is 8.55. The smallest absolute Gasteiger partial charge is 0.0753 e. The molecular formula is C15H30N2O. The van der Waals surface area contributed by atoms with Crippen LogP contribution in [0, 0.1) is 5.41 Å². The summed E-state index contributed by atoms with van der Waals surface area (Å²) in [7, 11) is 0. The molecule has 2 aliphatic rings. The van der Waals surface area contributed by atoms with E-state index in [1.807, 2.05) is 0 Å². The van der Waals surface area contributed by atoms with Gasteiger partial charge in [0.25, 0.3) is 0 Å². The molecule has 2 heterocycles. The molecule has 0 radical (unpaired) electrons. The van der Waals surface area contributed by atoms with E-state index in [2.05, 4.69) is 31.0 Å². The predicted molar refractivity (Wildman–Crippen MR) is 75.9 cm³/mol. The van der Waals surface area contributed by atoms with Crippen molar-refractivity contribution >= 4 is 0 Å². The first-order valence-electron chi connectivity index (χ1n) is 7.62. The normalized spacial score (nSPS) is 28.2. The van der Waals surface area contributed by atoms with Gasteiger partial charge in [-0.25, -0.2) is 0 Å². The Hall–Kier alpha value is -0.120. The van der Waals surface area contributed by atoms with Gasteiger partial charge < -0.3 is 10.1 Å². The van der Waals surface area contributed by atoms with Gasteiger partial charge in [0.15, 0.2) is 0 Å². The second kappa shape index (κ2) is 5.89. The number of hydrogen-bond donors (Lipinski definition) is 1. The largest absolute Gasteiger partial charge is 0.373 e. The van der Waals surface area contributed by atoms with Crippen molar-refractivity contribution in [3.63, 3.8) is 0 Å². The van der Waals surface area contributed by atoms with Gasteiger partial charge in [-0.15, -0.1) is 0 Å². The lowest BCUT2D eigenvalue weighted by Crippen LogP contribution is -2.53. The van der Waals surface area contributed by atoms with Crippen molar-refractivity contribution < 1.29 is 4.74 Å². The average Bonchev–Trinajstić information content (AvgIpc) is 2.29. The first kappa shape index (κ1) is 14.3. The van der Waals surface area contributed by atoms with Gasteiger partial charge in [0.05, 0.1) is 12.2 Å². The fourth-order valence-corrected chi connectivity index (χ4v) is 3.70. The van der Waals surface area contributed by atoms with Crippen LogP contribution in [0.3, 0.4) is 0 Å². The molecule has 0 aromatic heterocycles. The van der Waals surface area contributed by atoms with Crippen molar-refractivity contribution in [1.82, 2.24) is 10.2 Å². The van der Waals surface area contributed by atoms with Crippen LogP contribution in [-0.2, 0) is 4.74 Å². The Kier molecular flexibility index (Phi) is 4.68. The fourth-order valence-electron chi connectivity index (χ4n) is 3.70. The number of morpholine rings is 1. The summed E-state index contributed by atoms with van der Waals surface area (Å²) < 4.78 is 5.82. The molecule has 0 spiro atoms. The lowest BCUT2D eigenvalue weighted by Gasteiger charge is -2.45. The van der Waals surface area contributed by atoms with E-state index in [-0.39, 0.29) is 5.60 Å². The fraction of sp³-hybridized carbons (Fsp3) is 1.00. The van der Waals surface area contributed by atoms with Crippen LogP contribution >= 0.6 is 0 Å².